The molecule has 0 radical (unpaired) electrons. The molecule has 1 fully saturated rings. The molecule has 1 amide bonds. The zero-order chi connectivity index (χ0) is 20.1. The Morgan fingerprint density at radius 2 is 2.11 bits per heavy atom. The van der Waals surface area contributed by atoms with E-state index in [1.165, 1.54) is 6.07 Å². The second kappa shape index (κ2) is 9.17. The molecule has 0 aromatic heterocycles. The maximum Gasteiger partial charge on any atom is 0.239 e. The van der Waals surface area contributed by atoms with Crippen molar-refractivity contribution < 1.29 is 19.0 Å². The van der Waals surface area contributed by atoms with Crippen LogP contribution in [-0.4, -0.2) is 54.1 Å². The van der Waals surface area contributed by atoms with Gasteiger partial charge in [-0.25, -0.2) is 4.39 Å². The van der Waals surface area contributed by atoms with E-state index in [2.05, 4.69) is 0 Å². The van der Waals surface area contributed by atoms with Crippen molar-refractivity contribution in [2.45, 2.75) is 31.5 Å². The highest BCUT2D eigenvalue weighted by atomic mass is 19.1. The fourth-order valence-corrected chi connectivity index (χ4v) is 3.70. The van der Waals surface area contributed by atoms with E-state index in [-0.39, 0.29) is 24.3 Å². The third-order valence-electron chi connectivity index (χ3n) is 5.28. The summed E-state index contributed by atoms with van der Waals surface area (Å²) in [4.78, 5) is 16.6. The van der Waals surface area contributed by atoms with E-state index in [1.807, 2.05) is 29.2 Å². The van der Waals surface area contributed by atoms with Crippen LogP contribution in [0.3, 0.4) is 0 Å². The van der Waals surface area contributed by atoms with Gasteiger partial charge in [0.1, 0.15) is 11.6 Å². The molecule has 0 bridgehead atoms. The van der Waals surface area contributed by atoms with Crippen molar-refractivity contribution in [3.05, 3.63) is 65.5 Å². The van der Waals surface area contributed by atoms with Gasteiger partial charge in [0.15, 0.2) is 0 Å². The normalized spacial score (nSPS) is 18.1. The van der Waals surface area contributed by atoms with Crippen molar-refractivity contribution in [1.29, 1.82) is 0 Å². The number of benzene rings is 2. The van der Waals surface area contributed by atoms with Gasteiger partial charge in [0, 0.05) is 19.2 Å². The lowest BCUT2D eigenvalue weighted by Gasteiger charge is -2.29. The van der Waals surface area contributed by atoms with Gasteiger partial charge < -0.3 is 14.7 Å². The number of ether oxygens (including phenoxy) is 1. The molecule has 0 saturated carbocycles. The summed E-state index contributed by atoms with van der Waals surface area (Å²) in [6, 6.07) is 13.6. The Hall–Kier alpha value is -2.44. The van der Waals surface area contributed by atoms with Crippen molar-refractivity contribution in [1.82, 2.24) is 9.80 Å². The van der Waals surface area contributed by atoms with E-state index in [1.54, 1.807) is 37.3 Å². The fraction of sp³-hybridized carbons (Fsp3) is 0.409. The molecule has 2 aromatic rings. The van der Waals surface area contributed by atoms with Gasteiger partial charge in [0.2, 0.25) is 5.91 Å². The molecule has 1 saturated heterocycles. The lowest BCUT2D eigenvalue weighted by atomic mass is 10.1. The molecule has 1 aliphatic heterocycles. The van der Waals surface area contributed by atoms with Gasteiger partial charge in [0.05, 0.1) is 25.8 Å². The number of likely N-dealkylation sites (N-methyl/N-ethyl adjacent to an activating group) is 1. The third kappa shape index (κ3) is 4.69. The van der Waals surface area contributed by atoms with Crippen LogP contribution in [0.15, 0.2) is 48.5 Å². The highest BCUT2D eigenvalue weighted by molar-refractivity contribution is 5.82. The first-order valence-corrected chi connectivity index (χ1v) is 9.54. The molecular formula is C22H27FN2O3. The SMILES string of the molecule is COc1cccc(C(O)CN(C)C(=O)C2CCCN2Cc2ccccc2F)c1. The minimum absolute atomic E-state index is 0.0456. The van der Waals surface area contributed by atoms with Gasteiger partial charge in [-0.3, -0.25) is 9.69 Å². The van der Waals surface area contributed by atoms with Crippen molar-refractivity contribution in [3.63, 3.8) is 0 Å². The number of halogens is 1. The van der Waals surface area contributed by atoms with Crippen LogP contribution in [0.2, 0.25) is 0 Å². The Kier molecular flexibility index (Phi) is 6.65. The van der Waals surface area contributed by atoms with Gasteiger partial charge >= 0.3 is 0 Å². The number of nitrogens with zero attached hydrogens (tertiary/aromatic N) is 2. The van der Waals surface area contributed by atoms with E-state index in [4.69, 9.17) is 4.74 Å². The lowest BCUT2D eigenvalue weighted by Crippen LogP contribution is -2.45. The molecule has 2 unspecified atom stereocenters. The van der Waals surface area contributed by atoms with Crippen molar-refractivity contribution in [3.8, 4) is 5.75 Å². The van der Waals surface area contributed by atoms with Crippen LogP contribution in [0.5, 0.6) is 5.75 Å². The summed E-state index contributed by atoms with van der Waals surface area (Å²) in [7, 11) is 3.27. The first-order chi connectivity index (χ1) is 13.5. The number of carbonyl (C=O) groups excluding carboxylic acids is 1. The van der Waals surface area contributed by atoms with Crippen LogP contribution in [0.4, 0.5) is 4.39 Å². The summed E-state index contributed by atoms with van der Waals surface area (Å²) in [5, 5.41) is 10.5. The Balaban J connectivity index is 1.63. The predicted octanol–water partition coefficient (Wildman–Crippen LogP) is 2.99. The number of hydrogen-bond donors (Lipinski definition) is 1. The van der Waals surface area contributed by atoms with Gasteiger partial charge in [0.25, 0.3) is 0 Å². The minimum Gasteiger partial charge on any atom is -0.497 e. The number of hydrogen-bond acceptors (Lipinski definition) is 4. The molecule has 1 aliphatic rings. The van der Waals surface area contributed by atoms with E-state index in [0.717, 1.165) is 19.4 Å². The molecule has 150 valence electrons. The summed E-state index contributed by atoms with van der Waals surface area (Å²) in [5.74, 6) is 0.371. The van der Waals surface area contributed by atoms with E-state index in [0.29, 0.717) is 23.4 Å². The van der Waals surface area contributed by atoms with Crippen LogP contribution in [-0.2, 0) is 11.3 Å². The molecule has 5 nitrogen and oxygen atoms in total. The van der Waals surface area contributed by atoms with E-state index in [9.17, 15) is 14.3 Å². The fourth-order valence-electron chi connectivity index (χ4n) is 3.70. The standard InChI is InChI=1S/C22H27FN2O3/c1-24(15-21(26)16-8-5-9-18(13-16)28-2)22(27)20-11-6-12-25(20)14-17-7-3-4-10-19(17)23/h3-5,7-10,13,20-21,26H,6,11-12,14-15H2,1-2H3. The number of aliphatic hydroxyl groups is 1. The van der Waals surface area contributed by atoms with Crippen LogP contribution in [0.1, 0.15) is 30.1 Å². The quantitative estimate of drug-likeness (QED) is 0.795. The van der Waals surface area contributed by atoms with Gasteiger partial charge in [-0.15, -0.1) is 0 Å². The van der Waals surface area contributed by atoms with Crippen LogP contribution < -0.4 is 4.74 Å². The number of amides is 1. The summed E-state index contributed by atoms with van der Waals surface area (Å²) in [5.41, 5.74) is 1.30. The summed E-state index contributed by atoms with van der Waals surface area (Å²) in [6.45, 7) is 1.36. The molecule has 1 heterocycles. The smallest absolute Gasteiger partial charge is 0.239 e. The predicted molar refractivity (Wildman–Crippen MR) is 105 cm³/mol. The highest BCUT2D eigenvalue weighted by Gasteiger charge is 2.33. The zero-order valence-electron chi connectivity index (χ0n) is 16.3. The monoisotopic (exact) mass is 386 g/mol. The molecule has 2 atom stereocenters. The first-order valence-electron chi connectivity index (χ1n) is 9.54. The zero-order valence-corrected chi connectivity index (χ0v) is 16.3. The maximum atomic E-state index is 14.0. The maximum absolute atomic E-state index is 14.0. The lowest BCUT2D eigenvalue weighted by molar-refractivity contribution is -0.136. The molecule has 28 heavy (non-hydrogen) atoms. The van der Waals surface area contributed by atoms with Gasteiger partial charge in [-0.1, -0.05) is 30.3 Å². The Morgan fingerprint density at radius 1 is 1.32 bits per heavy atom. The average molecular weight is 386 g/mol. The number of likely N-dealkylation sites (tertiary alicyclic amines) is 1. The summed E-state index contributed by atoms with van der Waals surface area (Å²) in [6.07, 6.45) is 0.842. The van der Waals surface area contributed by atoms with Gasteiger partial charge in [-0.05, 0) is 43.1 Å². The van der Waals surface area contributed by atoms with Crippen molar-refractivity contribution in [2.24, 2.45) is 0 Å². The topological polar surface area (TPSA) is 53.0 Å². The van der Waals surface area contributed by atoms with Gasteiger partial charge in [-0.2, -0.15) is 0 Å². The van der Waals surface area contributed by atoms with E-state index < -0.39 is 6.10 Å². The van der Waals surface area contributed by atoms with Crippen LogP contribution >= 0.6 is 0 Å². The number of methoxy groups -OCH3 is 1. The molecule has 1 N–H and O–H groups in total. The third-order valence-corrected chi connectivity index (χ3v) is 5.28. The summed E-state index contributed by atoms with van der Waals surface area (Å²) >= 11 is 0. The first kappa shape index (κ1) is 20.3. The number of carbonyl (C=O) groups is 1. The molecule has 0 spiro atoms. The number of rotatable bonds is 7. The van der Waals surface area contributed by atoms with Crippen LogP contribution in [0, 0.1) is 5.82 Å². The Bertz CT molecular complexity index is 814. The number of aliphatic hydroxyl groups excluding tert-OH is 1. The molecule has 2 aromatic carbocycles. The van der Waals surface area contributed by atoms with E-state index >= 15 is 0 Å². The second-order valence-electron chi connectivity index (χ2n) is 7.23. The van der Waals surface area contributed by atoms with Crippen molar-refractivity contribution >= 4 is 5.91 Å². The van der Waals surface area contributed by atoms with Crippen molar-refractivity contribution in [2.75, 3.05) is 27.2 Å². The summed E-state index contributed by atoms with van der Waals surface area (Å²) < 4.78 is 19.2. The second-order valence-corrected chi connectivity index (χ2v) is 7.23. The largest absolute Gasteiger partial charge is 0.497 e. The highest BCUT2D eigenvalue weighted by Crippen LogP contribution is 2.24. The Morgan fingerprint density at radius 3 is 2.86 bits per heavy atom. The average Bonchev–Trinajstić information content (AvgIpc) is 3.17. The Labute approximate surface area is 165 Å². The minimum atomic E-state index is -0.800. The molecule has 0 aliphatic carbocycles. The molecule has 6 heteroatoms. The van der Waals surface area contributed by atoms with Crippen LogP contribution in [0.25, 0.3) is 0 Å². The molecule has 3 rings (SSSR count). The molecular weight excluding hydrogens is 359 g/mol.